The summed E-state index contributed by atoms with van der Waals surface area (Å²) in [5, 5.41) is 0. The number of benzene rings is 3. The molecule has 0 aromatic heterocycles. The van der Waals surface area contributed by atoms with Gasteiger partial charge in [0.1, 0.15) is 0 Å². The number of fused-ring (bicyclic) bond motifs is 1. The van der Waals surface area contributed by atoms with Crippen molar-refractivity contribution in [3.63, 3.8) is 0 Å². The van der Waals surface area contributed by atoms with Gasteiger partial charge < -0.3 is 0 Å². The number of alkyl halides is 2. The number of para-hydroxylation sites is 1. The van der Waals surface area contributed by atoms with E-state index in [1.165, 1.54) is 0 Å². The van der Waals surface area contributed by atoms with E-state index in [1.807, 2.05) is 77.7 Å². The molecule has 1 aliphatic rings. The summed E-state index contributed by atoms with van der Waals surface area (Å²) in [4.78, 5) is 17.8. The third-order valence-electron chi connectivity index (χ3n) is 5.42. The molecule has 3 aromatic rings. The van der Waals surface area contributed by atoms with E-state index in [-0.39, 0.29) is 5.91 Å². The fraction of sp³-hybridized carbons (Fsp3) is 0.208. The van der Waals surface area contributed by atoms with E-state index in [1.54, 1.807) is 0 Å². The minimum absolute atomic E-state index is 0.0233. The Bertz CT molecular complexity index is 974. The molecule has 1 amide bonds. The first kappa shape index (κ1) is 20.0. The van der Waals surface area contributed by atoms with Crippen molar-refractivity contribution >= 4 is 34.8 Å². The van der Waals surface area contributed by atoms with Crippen LogP contribution in [0.1, 0.15) is 21.5 Å². The second kappa shape index (κ2) is 8.58. The number of carbonyl (C=O) groups excluding carboxylic acids is 1. The third-order valence-corrected chi connectivity index (χ3v) is 5.76. The lowest BCUT2D eigenvalue weighted by molar-refractivity contribution is 0.0892. The van der Waals surface area contributed by atoms with E-state index >= 15 is 0 Å². The lowest BCUT2D eigenvalue weighted by Gasteiger charge is -2.47. The minimum Gasteiger partial charge on any atom is -0.281 e. The van der Waals surface area contributed by atoms with E-state index in [0.29, 0.717) is 30.4 Å². The molecule has 29 heavy (non-hydrogen) atoms. The average molecular weight is 425 g/mol. The number of halogens is 2. The number of anilines is 1. The van der Waals surface area contributed by atoms with Gasteiger partial charge in [-0.2, -0.15) is 0 Å². The van der Waals surface area contributed by atoms with Crippen LogP contribution in [0.3, 0.4) is 0 Å². The summed E-state index contributed by atoms with van der Waals surface area (Å²) in [5.74, 6) is 0.847. The third kappa shape index (κ3) is 3.24. The first-order valence-corrected chi connectivity index (χ1v) is 10.7. The molecule has 0 bridgehead atoms. The smallest absolute Gasteiger partial charge is 0.260 e. The second-order valence-corrected chi connectivity index (χ2v) is 7.68. The molecule has 3 aromatic carbocycles. The number of hydrogen-bond acceptors (Lipinski definition) is 2. The molecular weight excluding hydrogens is 403 g/mol. The molecule has 0 radical (unpaired) electrons. The highest BCUT2D eigenvalue weighted by Gasteiger charge is 2.54. The SMILES string of the molecule is O=C1c2ccccc2C(c2ccccc2)(N(CCCl)CCCl)N1c1ccccc1. The minimum atomic E-state index is -0.819. The van der Waals surface area contributed by atoms with Gasteiger partial charge in [0.25, 0.3) is 5.91 Å². The maximum Gasteiger partial charge on any atom is 0.260 e. The molecule has 0 saturated carbocycles. The summed E-state index contributed by atoms with van der Waals surface area (Å²) < 4.78 is 0. The van der Waals surface area contributed by atoms with Gasteiger partial charge >= 0.3 is 0 Å². The van der Waals surface area contributed by atoms with Crippen molar-refractivity contribution < 1.29 is 4.79 Å². The molecular formula is C24H22Cl2N2O. The predicted octanol–water partition coefficient (Wildman–Crippen LogP) is 5.33. The largest absolute Gasteiger partial charge is 0.281 e. The van der Waals surface area contributed by atoms with Crippen LogP contribution in [0.4, 0.5) is 5.69 Å². The molecule has 0 aliphatic carbocycles. The van der Waals surface area contributed by atoms with Crippen molar-refractivity contribution in [1.82, 2.24) is 4.90 Å². The van der Waals surface area contributed by atoms with Gasteiger partial charge in [-0.05, 0) is 23.8 Å². The van der Waals surface area contributed by atoms with Gasteiger partial charge in [0.05, 0.1) is 0 Å². The van der Waals surface area contributed by atoms with E-state index in [9.17, 15) is 4.79 Å². The van der Waals surface area contributed by atoms with Crippen molar-refractivity contribution in [2.75, 3.05) is 29.7 Å². The van der Waals surface area contributed by atoms with Crippen molar-refractivity contribution in [2.45, 2.75) is 5.66 Å². The first-order chi connectivity index (χ1) is 14.2. The molecule has 5 heteroatoms. The zero-order valence-corrected chi connectivity index (χ0v) is 17.5. The second-order valence-electron chi connectivity index (χ2n) is 6.92. The summed E-state index contributed by atoms with van der Waals surface area (Å²) in [6, 6.07) is 27.8. The van der Waals surface area contributed by atoms with Gasteiger partial charge in [-0.25, -0.2) is 0 Å². The number of carbonyl (C=O) groups is 1. The normalized spacial score (nSPS) is 18.3. The standard InChI is InChI=1S/C24H22Cl2N2O/c25-15-17-27(18-16-26)24(19-9-3-1-4-10-19)22-14-8-7-13-21(22)23(29)28(24)20-11-5-2-6-12-20/h1-14H,15-18H2. The van der Waals surface area contributed by atoms with E-state index in [4.69, 9.17) is 23.2 Å². The lowest BCUT2D eigenvalue weighted by Crippen LogP contribution is -2.58. The summed E-state index contributed by atoms with van der Waals surface area (Å²) in [5.41, 5.74) is 2.69. The molecule has 0 spiro atoms. The molecule has 3 nitrogen and oxygen atoms in total. The molecule has 0 saturated heterocycles. The Kier molecular flexibility index (Phi) is 5.91. The van der Waals surface area contributed by atoms with Crippen LogP contribution in [0, 0.1) is 0 Å². The zero-order valence-electron chi connectivity index (χ0n) is 16.0. The van der Waals surface area contributed by atoms with Crippen LogP contribution in [-0.2, 0) is 5.66 Å². The fourth-order valence-corrected chi connectivity index (χ4v) is 4.74. The summed E-state index contributed by atoms with van der Waals surface area (Å²) in [7, 11) is 0. The van der Waals surface area contributed by atoms with E-state index in [2.05, 4.69) is 17.0 Å². The molecule has 4 rings (SSSR count). The van der Waals surface area contributed by atoms with Gasteiger partial charge in [-0.1, -0.05) is 66.7 Å². The monoisotopic (exact) mass is 424 g/mol. The van der Waals surface area contributed by atoms with Crippen LogP contribution >= 0.6 is 23.2 Å². The highest BCUT2D eigenvalue weighted by Crippen LogP contribution is 2.48. The summed E-state index contributed by atoms with van der Waals surface area (Å²) >= 11 is 12.5. The Morgan fingerprint density at radius 2 is 1.31 bits per heavy atom. The molecule has 1 aliphatic heterocycles. The molecule has 148 valence electrons. The Labute approximate surface area is 181 Å². The first-order valence-electron chi connectivity index (χ1n) is 9.66. The van der Waals surface area contributed by atoms with Crippen LogP contribution in [0.5, 0.6) is 0 Å². The predicted molar refractivity (Wildman–Crippen MR) is 120 cm³/mol. The molecule has 1 atom stereocenters. The van der Waals surface area contributed by atoms with Crippen molar-refractivity contribution in [3.05, 3.63) is 102 Å². The fourth-order valence-electron chi connectivity index (χ4n) is 4.33. The number of nitrogens with zero attached hydrogens (tertiary/aromatic N) is 2. The average Bonchev–Trinajstić information content (AvgIpc) is 3.04. The Hall–Kier alpha value is -2.33. The molecule has 0 fully saturated rings. The van der Waals surface area contributed by atoms with Gasteiger partial charge in [-0.15, -0.1) is 23.2 Å². The van der Waals surface area contributed by atoms with Gasteiger partial charge in [-0.3, -0.25) is 14.6 Å². The van der Waals surface area contributed by atoms with Crippen molar-refractivity contribution in [3.8, 4) is 0 Å². The molecule has 0 N–H and O–H groups in total. The summed E-state index contributed by atoms with van der Waals surface area (Å²) in [6.45, 7) is 1.18. The van der Waals surface area contributed by atoms with Crippen LogP contribution in [-0.4, -0.2) is 35.7 Å². The van der Waals surface area contributed by atoms with Crippen LogP contribution in [0.25, 0.3) is 0 Å². The maximum absolute atomic E-state index is 13.7. The highest BCUT2D eigenvalue weighted by atomic mass is 35.5. The lowest BCUT2D eigenvalue weighted by atomic mass is 9.88. The Morgan fingerprint density at radius 1 is 0.759 bits per heavy atom. The zero-order chi connectivity index (χ0) is 20.3. The van der Waals surface area contributed by atoms with Gasteiger partial charge in [0.2, 0.25) is 0 Å². The Morgan fingerprint density at radius 3 is 1.93 bits per heavy atom. The van der Waals surface area contributed by atoms with E-state index in [0.717, 1.165) is 16.8 Å². The quantitative estimate of drug-likeness (QED) is 0.478. The molecule has 1 heterocycles. The topological polar surface area (TPSA) is 23.6 Å². The van der Waals surface area contributed by atoms with Gasteiger partial charge in [0, 0.05) is 41.7 Å². The van der Waals surface area contributed by atoms with Crippen LogP contribution < -0.4 is 4.90 Å². The number of rotatable bonds is 7. The van der Waals surface area contributed by atoms with Crippen molar-refractivity contribution in [1.29, 1.82) is 0 Å². The number of amides is 1. The Balaban J connectivity index is 2.07. The van der Waals surface area contributed by atoms with Crippen LogP contribution in [0.2, 0.25) is 0 Å². The molecule has 1 unspecified atom stereocenters. The maximum atomic E-state index is 13.7. The van der Waals surface area contributed by atoms with Crippen molar-refractivity contribution in [2.24, 2.45) is 0 Å². The van der Waals surface area contributed by atoms with Crippen LogP contribution in [0.15, 0.2) is 84.9 Å². The van der Waals surface area contributed by atoms with E-state index < -0.39 is 5.66 Å². The van der Waals surface area contributed by atoms with Gasteiger partial charge in [0.15, 0.2) is 5.66 Å². The number of hydrogen-bond donors (Lipinski definition) is 0. The summed E-state index contributed by atoms with van der Waals surface area (Å²) in [6.07, 6.45) is 0. The highest BCUT2D eigenvalue weighted by molar-refractivity contribution is 6.18.